The zero-order chi connectivity index (χ0) is 14.3. The molecule has 88 valence electrons. The lowest BCUT2D eigenvalue weighted by atomic mass is 10.1. The normalized spacial score (nSPS) is 12.3. The summed E-state index contributed by atoms with van der Waals surface area (Å²) in [5, 5.41) is 0.857. The molecule has 0 saturated heterocycles. The predicted molar refractivity (Wildman–Crippen MR) is 76.7 cm³/mol. The molecule has 0 amide bonds. The van der Waals surface area contributed by atoms with Crippen molar-refractivity contribution in [3.8, 4) is 11.3 Å². The molecular formula is C17H15N. The number of aromatic nitrogens is 1. The maximum absolute atomic E-state index is 8.16. The van der Waals surface area contributed by atoms with E-state index in [9.17, 15) is 0 Å². The Kier molecular flexibility index (Phi) is 2.10. The molecule has 1 heteroatoms. The largest absolute Gasteiger partial charge is 0.248 e. The van der Waals surface area contributed by atoms with Gasteiger partial charge >= 0.3 is 0 Å². The molecule has 0 bridgehead atoms. The highest BCUT2D eigenvalue weighted by Crippen LogP contribution is 2.21. The SMILES string of the molecule is [2H]c1cc2cc(C)cc([2H])c2nc1-c1ccc(C)cc1. The Hall–Kier alpha value is -2.15. The number of aryl methyl sites for hydroxylation is 2. The summed E-state index contributed by atoms with van der Waals surface area (Å²) < 4.78 is 16.2. The Bertz CT molecular complexity index is 792. The summed E-state index contributed by atoms with van der Waals surface area (Å²) in [7, 11) is 0. The third-order valence-electron chi connectivity index (χ3n) is 3.01. The maximum atomic E-state index is 8.16. The van der Waals surface area contributed by atoms with Gasteiger partial charge in [-0.3, -0.25) is 0 Å². The van der Waals surface area contributed by atoms with E-state index in [2.05, 4.69) is 4.98 Å². The van der Waals surface area contributed by atoms with Crippen molar-refractivity contribution in [2.75, 3.05) is 0 Å². The molecule has 3 aromatic rings. The van der Waals surface area contributed by atoms with Crippen LogP contribution in [-0.4, -0.2) is 4.98 Å². The summed E-state index contributed by atoms with van der Waals surface area (Å²) in [4.78, 5) is 4.54. The topological polar surface area (TPSA) is 12.9 Å². The monoisotopic (exact) mass is 235 g/mol. The summed E-state index contributed by atoms with van der Waals surface area (Å²) in [5.41, 5.74) is 4.41. The zero-order valence-corrected chi connectivity index (χ0v) is 10.5. The molecule has 1 heterocycles. The van der Waals surface area contributed by atoms with Crippen LogP contribution in [0.2, 0.25) is 0 Å². The van der Waals surface area contributed by atoms with E-state index < -0.39 is 0 Å². The molecule has 0 radical (unpaired) electrons. The van der Waals surface area contributed by atoms with Gasteiger partial charge in [-0.15, -0.1) is 0 Å². The fraction of sp³-hybridized carbons (Fsp3) is 0.118. The van der Waals surface area contributed by atoms with Crippen LogP contribution < -0.4 is 0 Å². The van der Waals surface area contributed by atoms with Crippen molar-refractivity contribution >= 4 is 10.9 Å². The second kappa shape index (κ2) is 4.26. The first-order valence-electron chi connectivity index (χ1n) is 7.00. The first-order chi connectivity index (χ1) is 9.54. The first kappa shape index (κ1) is 8.87. The fourth-order valence-corrected chi connectivity index (χ4v) is 1.98. The van der Waals surface area contributed by atoms with Crippen LogP contribution in [0.3, 0.4) is 0 Å². The van der Waals surface area contributed by atoms with E-state index in [0.29, 0.717) is 23.3 Å². The third kappa shape index (κ3) is 2.00. The number of pyridine rings is 1. The van der Waals surface area contributed by atoms with Crippen molar-refractivity contribution in [1.29, 1.82) is 0 Å². The van der Waals surface area contributed by atoms with Crippen molar-refractivity contribution in [1.82, 2.24) is 4.98 Å². The molecule has 0 aliphatic heterocycles. The first-order valence-corrected chi connectivity index (χ1v) is 6.00. The van der Waals surface area contributed by atoms with Crippen LogP contribution in [0, 0.1) is 13.8 Å². The lowest BCUT2D eigenvalue weighted by Crippen LogP contribution is -1.86. The van der Waals surface area contributed by atoms with E-state index in [-0.39, 0.29) is 0 Å². The van der Waals surface area contributed by atoms with Crippen molar-refractivity contribution in [2.24, 2.45) is 0 Å². The van der Waals surface area contributed by atoms with Gasteiger partial charge in [0.05, 0.1) is 14.0 Å². The second-order valence-corrected chi connectivity index (χ2v) is 4.60. The number of fused-ring (bicyclic) bond motifs is 1. The molecule has 18 heavy (non-hydrogen) atoms. The van der Waals surface area contributed by atoms with Gasteiger partial charge in [-0.05, 0) is 32.0 Å². The smallest absolute Gasteiger partial charge is 0.0709 e. The lowest BCUT2D eigenvalue weighted by Gasteiger charge is -2.04. The van der Waals surface area contributed by atoms with Gasteiger partial charge in [0.2, 0.25) is 0 Å². The molecule has 0 unspecified atom stereocenters. The maximum Gasteiger partial charge on any atom is 0.0709 e. The minimum atomic E-state index is 0.395. The van der Waals surface area contributed by atoms with Crippen molar-refractivity contribution in [3.63, 3.8) is 0 Å². The zero-order valence-electron chi connectivity index (χ0n) is 12.5. The van der Waals surface area contributed by atoms with Crippen LogP contribution >= 0.6 is 0 Å². The minimum absolute atomic E-state index is 0.395. The van der Waals surface area contributed by atoms with Gasteiger partial charge in [-0.1, -0.05) is 47.5 Å². The van der Waals surface area contributed by atoms with E-state index in [4.69, 9.17) is 2.74 Å². The van der Waals surface area contributed by atoms with Crippen LogP contribution in [0.25, 0.3) is 22.2 Å². The molecule has 0 saturated carbocycles. The second-order valence-electron chi connectivity index (χ2n) is 4.60. The highest BCUT2D eigenvalue weighted by Gasteiger charge is 2.01. The molecular weight excluding hydrogens is 218 g/mol. The molecule has 2 aromatic carbocycles. The van der Waals surface area contributed by atoms with E-state index in [0.717, 1.165) is 16.5 Å². The number of nitrogens with zero attached hydrogens (tertiary/aromatic N) is 1. The van der Waals surface area contributed by atoms with Gasteiger partial charge in [0.1, 0.15) is 0 Å². The minimum Gasteiger partial charge on any atom is -0.248 e. The average molecular weight is 235 g/mol. The number of rotatable bonds is 1. The van der Waals surface area contributed by atoms with Crippen LogP contribution in [0.1, 0.15) is 13.9 Å². The molecule has 0 atom stereocenters. The summed E-state index contributed by atoms with van der Waals surface area (Å²) in [6, 6.07) is 14.3. The highest BCUT2D eigenvalue weighted by molar-refractivity contribution is 5.82. The van der Waals surface area contributed by atoms with Crippen molar-refractivity contribution in [2.45, 2.75) is 13.8 Å². The van der Waals surface area contributed by atoms with Gasteiger partial charge in [0.15, 0.2) is 0 Å². The van der Waals surface area contributed by atoms with Crippen LogP contribution in [0.4, 0.5) is 0 Å². The summed E-state index contributed by atoms with van der Waals surface area (Å²) >= 11 is 0. The third-order valence-corrected chi connectivity index (χ3v) is 3.01. The van der Waals surface area contributed by atoms with E-state index >= 15 is 0 Å². The fourth-order valence-electron chi connectivity index (χ4n) is 1.98. The Morgan fingerprint density at radius 1 is 0.889 bits per heavy atom. The van der Waals surface area contributed by atoms with Crippen LogP contribution in [0.5, 0.6) is 0 Å². The standard InChI is InChI=1S/C17H15N/c1-12-3-6-14(7-4-12)16-10-8-15-11-13(2)5-9-17(15)18-16/h3-11H,1-2H3/i9D,10D. The van der Waals surface area contributed by atoms with Crippen molar-refractivity contribution in [3.05, 3.63) is 65.7 Å². The van der Waals surface area contributed by atoms with Crippen LogP contribution in [0.15, 0.2) is 54.5 Å². The predicted octanol–water partition coefficient (Wildman–Crippen LogP) is 4.52. The molecule has 0 spiro atoms. The molecule has 0 fully saturated rings. The quantitative estimate of drug-likeness (QED) is 0.604. The number of hydrogen-bond donors (Lipinski definition) is 0. The van der Waals surface area contributed by atoms with Crippen LogP contribution in [-0.2, 0) is 0 Å². The summed E-state index contributed by atoms with van der Waals surface area (Å²) in [6.07, 6.45) is 0. The van der Waals surface area contributed by atoms with Gasteiger partial charge < -0.3 is 0 Å². The molecule has 1 aromatic heterocycles. The summed E-state index contributed by atoms with van der Waals surface area (Å²) in [5.74, 6) is 0. The molecule has 1 nitrogen and oxygen atoms in total. The van der Waals surface area contributed by atoms with E-state index in [1.54, 1.807) is 12.1 Å². The number of benzene rings is 2. The average Bonchev–Trinajstić information content (AvgIpc) is 2.39. The Labute approximate surface area is 110 Å². The van der Waals surface area contributed by atoms with Crippen molar-refractivity contribution < 1.29 is 2.74 Å². The van der Waals surface area contributed by atoms with E-state index in [1.807, 2.05) is 44.2 Å². The molecule has 3 rings (SSSR count). The van der Waals surface area contributed by atoms with Gasteiger partial charge in [-0.25, -0.2) is 4.98 Å². The number of hydrogen-bond acceptors (Lipinski definition) is 1. The highest BCUT2D eigenvalue weighted by atomic mass is 14.7. The Morgan fingerprint density at radius 2 is 1.67 bits per heavy atom. The Balaban J connectivity index is 2.26. The molecule has 0 aliphatic rings. The molecule has 0 N–H and O–H groups in total. The van der Waals surface area contributed by atoms with Gasteiger partial charge in [0.25, 0.3) is 0 Å². The van der Waals surface area contributed by atoms with Gasteiger partial charge in [-0.2, -0.15) is 0 Å². The van der Waals surface area contributed by atoms with E-state index in [1.165, 1.54) is 5.56 Å². The summed E-state index contributed by atoms with van der Waals surface area (Å²) in [6.45, 7) is 3.98. The Morgan fingerprint density at radius 3 is 2.44 bits per heavy atom. The molecule has 0 aliphatic carbocycles. The lowest BCUT2D eigenvalue weighted by molar-refractivity contribution is 1.37. The van der Waals surface area contributed by atoms with Gasteiger partial charge in [0, 0.05) is 10.9 Å².